The van der Waals surface area contributed by atoms with Crippen LogP contribution in [-0.2, 0) is 0 Å². The lowest BCUT2D eigenvalue weighted by atomic mass is 9.62. The first kappa shape index (κ1) is 19.8. The molecule has 2 saturated heterocycles. The molecule has 0 bridgehead atoms. The number of halogens is 2. The molecular formula is C23H26F2N2O2. The van der Waals surface area contributed by atoms with Gasteiger partial charge in [-0.1, -0.05) is 12.1 Å². The minimum Gasteiger partial charge on any atom is -0.508 e. The zero-order chi connectivity index (χ0) is 20.8. The Kier molecular flexibility index (Phi) is 5.07. The van der Waals surface area contributed by atoms with Crippen LogP contribution < -0.4 is 0 Å². The summed E-state index contributed by atoms with van der Waals surface area (Å²) >= 11 is 0. The van der Waals surface area contributed by atoms with E-state index in [9.17, 15) is 18.7 Å². The Morgan fingerprint density at radius 3 is 2.21 bits per heavy atom. The second-order valence-electron chi connectivity index (χ2n) is 8.57. The number of aromatic hydroxyl groups is 1. The molecular weight excluding hydrogens is 374 g/mol. The number of likely N-dealkylation sites (tertiary alicyclic amines) is 2. The smallest absolute Gasteiger partial charge is 0.254 e. The molecule has 4 rings (SSSR count). The molecule has 1 N–H and O–H groups in total. The molecule has 4 nitrogen and oxygen atoms in total. The van der Waals surface area contributed by atoms with Crippen molar-refractivity contribution < 1.29 is 18.7 Å². The molecule has 1 amide bonds. The molecule has 1 spiro atoms. The maximum atomic E-state index is 13.5. The van der Waals surface area contributed by atoms with Crippen LogP contribution in [0.4, 0.5) is 8.78 Å². The van der Waals surface area contributed by atoms with Gasteiger partial charge >= 0.3 is 0 Å². The number of hydrogen-bond donors (Lipinski definition) is 1. The molecule has 0 saturated carbocycles. The fourth-order valence-corrected chi connectivity index (χ4v) is 4.91. The van der Waals surface area contributed by atoms with Crippen molar-refractivity contribution in [1.82, 2.24) is 9.80 Å². The lowest BCUT2D eigenvalue weighted by molar-refractivity contribution is -0.124. The van der Waals surface area contributed by atoms with Crippen LogP contribution in [0.1, 0.15) is 48.7 Å². The number of hydrogen-bond acceptors (Lipinski definition) is 3. The first-order chi connectivity index (χ1) is 13.8. The Hall–Kier alpha value is -2.47. The molecule has 154 valence electrons. The van der Waals surface area contributed by atoms with E-state index in [1.165, 1.54) is 5.56 Å². The minimum absolute atomic E-state index is 0.0611. The Balaban J connectivity index is 1.51. The molecule has 2 heterocycles. The predicted molar refractivity (Wildman–Crippen MR) is 107 cm³/mol. The zero-order valence-electron chi connectivity index (χ0n) is 16.7. The van der Waals surface area contributed by atoms with Crippen LogP contribution >= 0.6 is 0 Å². The van der Waals surface area contributed by atoms with Gasteiger partial charge in [-0.3, -0.25) is 9.69 Å². The fraction of sp³-hybridized carbons (Fsp3) is 0.435. The summed E-state index contributed by atoms with van der Waals surface area (Å²) in [5, 5.41) is 9.64. The number of phenols is 1. The number of nitrogens with zero attached hydrogens (tertiary/aromatic N) is 2. The van der Waals surface area contributed by atoms with Gasteiger partial charge in [-0.25, -0.2) is 8.78 Å². The van der Waals surface area contributed by atoms with Crippen LogP contribution in [-0.4, -0.2) is 46.5 Å². The quantitative estimate of drug-likeness (QED) is 0.833. The van der Waals surface area contributed by atoms with Gasteiger partial charge in [-0.15, -0.1) is 0 Å². The summed E-state index contributed by atoms with van der Waals surface area (Å²) in [6, 6.07) is 11.0. The third-order valence-electron chi connectivity index (χ3n) is 6.44. The Morgan fingerprint density at radius 1 is 1.07 bits per heavy atom. The van der Waals surface area contributed by atoms with E-state index >= 15 is 0 Å². The summed E-state index contributed by atoms with van der Waals surface area (Å²) in [6.07, 6.45) is 1.68. The Bertz CT molecular complexity index is 885. The molecule has 2 aliphatic rings. The predicted octanol–water partition coefficient (Wildman–Crippen LogP) is 4.36. The molecule has 0 radical (unpaired) electrons. The van der Waals surface area contributed by atoms with Gasteiger partial charge in [-0.2, -0.15) is 0 Å². The summed E-state index contributed by atoms with van der Waals surface area (Å²) in [5.41, 5.74) is 1.31. The van der Waals surface area contributed by atoms with Crippen LogP contribution in [0, 0.1) is 17.0 Å². The highest BCUT2D eigenvalue weighted by atomic mass is 19.1. The van der Waals surface area contributed by atoms with Crippen LogP contribution in [0.3, 0.4) is 0 Å². The van der Waals surface area contributed by atoms with Crippen LogP contribution in [0.2, 0.25) is 0 Å². The maximum absolute atomic E-state index is 13.5. The normalized spacial score (nSPS) is 21.4. The fourth-order valence-electron chi connectivity index (χ4n) is 4.91. The highest BCUT2D eigenvalue weighted by Crippen LogP contribution is 2.55. The molecule has 0 aromatic heterocycles. The van der Waals surface area contributed by atoms with E-state index in [4.69, 9.17) is 0 Å². The van der Waals surface area contributed by atoms with Gasteiger partial charge in [0, 0.05) is 48.8 Å². The van der Waals surface area contributed by atoms with Gasteiger partial charge in [0.15, 0.2) is 0 Å². The molecule has 2 aromatic carbocycles. The number of rotatable bonds is 3. The minimum atomic E-state index is -0.735. The average molecular weight is 400 g/mol. The summed E-state index contributed by atoms with van der Waals surface area (Å²) in [7, 11) is 0. The van der Waals surface area contributed by atoms with E-state index in [0.29, 0.717) is 19.1 Å². The van der Waals surface area contributed by atoms with Crippen molar-refractivity contribution in [2.45, 2.75) is 38.8 Å². The number of piperidine rings is 1. The highest BCUT2D eigenvalue weighted by molar-refractivity contribution is 5.94. The van der Waals surface area contributed by atoms with Crippen molar-refractivity contribution in [2.24, 2.45) is 5.41 Å². The standard InChI is InChI=1S/C23H26F2N2O2/c1-15(2)27-14-23(21(27)16-3-5-20(28)6-4-16)7-9-26(10-8-23)22(29)17-11-18(24)13-19(25)12-17/h3-6,11-13,15,21,28H,7-10,14H2,1-2H3. The largest absolute Gasteiger partial charge is 0.508 e. The number of amides is 1. The summed E-state index contributed by atoms with van der Waals surface area (Å²) < 4.78 is 27.0. The van der Waals surface area contributed by atoms with Gasteiger partial charge in [0.25, 0.3) is 5.91 Å². The van der Waals surface area contributed by atoms with Crippen LogP contribution in [0.15, 0.2) is 42.5 Å². The number of benzene rings is 2. The highest BCUT2D eigenvalue weighted by Gasteiger charge is 2.54. The van der Waals surface area contributed by atoms with Crippen molar-refractivity contribution in [3.05, 3.63) is 65.2 Å². The second-order valence-corrected chi connectivity index (χ2v) is 8.57. The molecule has 2 fully saturated rings. The van der Waals surface area contributed by atoms with Gasteiger partial charge in [0.2, 0.25) is 0 Å². The molecule has 2 aromatic rings. The molecule has 1 atom stereocenters. The van der Waals surface area contributed by atoms with E-state index < -0.39 is 11.6 Å². The summed E-state index contributed by atoms with van der Waals surface area (Å²) in [6.45, 7) is 6.46. The van der Waals surface area contributed by atoms with Gasteiger partial charge < -0.3 is 10.0 Å². The first-order valence-electron chi connectivity index (χ1n) is 10.1. The van der Waals surface area contributed by atoms with Crippen molar-refractivity contribution in [2.75, 3.05) is 19.6 Å². The monoisotopic (exact) mass is 400 g/mol. The third kappa shape index (κ3) is 3.62. The molecule has 2 aliphatic heterocycles. The summed E-state index contributed by atoms with van der Waals surface area (Å²) in [5.74, 6) is -1.54. The van der Waals surface area contributed by atoms with E-state index in [2.05, 4.69) is 18.7 Å². The molecule has 1 unspecified atom stereocenters. The van der Waals surface area contributed by atoms with Crippen molar-refractivity contribution in [3.63, 3.8) is 0 Å². The number of carbonyl (C=O) groups is 1. The lowest BCUT2D eigenvalue weighted by Crippen LogP contribution is -2.64. The van der Waals surface area contributed by atoms with Crippen molar-refractivity contribution in [1.29, 1.82) is 0 Å². The Morgan fingerprint density at radius 2 is 1.66 bits per heavy atom. The zero-order valence-corrected chi connectivity index (χ0v) is 16.7. The van der Waals surface area contributed by atoms with Crippen LogP contribution in [0.25, 0.3) is 0 Å². The second kappa shape index (κ2) is 7.41. The summed E-state index contributed by atoms with van der Waals surface area (Å²) in [4.78, 5) is 16.9. The van der Waals surface area contributed by atoms with Gasteiger partial charge in [0.05, 0.1) is 0 Å². The molecule has 29 heavy (non-hydrogen) atoms. The van der Waals surface area contributed by atoms with Crippen molar-refractivity contribution >= 4 is 5.91 Å². The first-order valence-corrected chi connectivity index (χ1v) is 10.1. The molecule has 0 aliphatic carbocycles. The Labute approximate surface area is 169 Å². The van der Waals surface area contributed by atoms with E-state index in [-0.39, 0.29) is 28.7 Å². The SMILES string of the molecule is CC(C)N1CC2(CCN(C(=O)c3cc(F)cc(F)c3)CC2)C1c1ccc(O)cc1. The van der Waals surface area contributed by atoms with E-state index in [1.54, 1.807) is 17.0 Å². The number of carbonyl (C=O) groups excluding carboxylic acids is 1. The molecule has 6 heteroatoms. The number of phenolic OH excluding ortho intramolecular Hbond substituents is 1. The maximum Gasteiger partial charge on any atom is 0.254 e. The topological polar surface area (TPSA) is 43.8 Å². The van der Waals surface area contributed by atoms with Crippen molar-refractivity contribution in [3.8, 4) is 5.75 Å². The van der Waals surface area contributed by atoms with Gasteiger partial charge in [-0.05, 0) is 56.5 Å². The van der Waals surface area contributed by atoms with Gasteiger partial charge in [0.1, 0.15) is 17.4 Å². The van der Waals surface area contributed by atoms with E-state index in [1.807, 2.05) is 12.1 Å². The lowest BCUT2D eigenvalue weighted by Gasteiger charge is -2.62. The van der Waals surface area contributed by atoms with Crippen LogP contribution in [0.5, 0.6) is 5.75 Å². The average Bonchev–Trinajstić information content (AvgIpc) is 2.67. The van der Waals surface area contributed by atoms with E-state index in [0.717, 1.165) is 37.6 Å². The third-order valence-corrected chi connectivity index (χ3v) is 6.44.